The van der Waals surface area contributed by atoms with Crippen LogP contribution < -0.4 is 0 Å². The Bertz CT molecular complexity index is 1050. The molecule has 0 bridgehead atoms. The molecule has 8 nitrogen and oxygen atoms in total. The molecule has 0 radical (unpaired) electrons. The molecule has 1 aliphatic heterocycles. The first-order valence-electron chi connectivity index (χ1n) is 9.56. The highest BCUT2D eigenvalue weighted by atomic mass is 16.6. The third-order valence-electron chi connectivity index (χ3n) is 5.33. The van der Waals surface area contributed by atoms with E-state index in [1.165, 1.54) is 22.4 Å². The normalized spacial score (nSPS) is 16.2. The van der Waals surface area contributed by atoms with Crippen LogP contribution in [0.5, 0.6) is 0 Å². The Balaban J connectivity index is 1.58. The fourth-order valence-corrected chi connectivity index (χ4v) is 3.85. The van der Waals surface area contributed by atoms with Crippen LogP contribution in [0.15, 0.2) is 54.6 Å². The standard InChI is InChI=1S/C21H21N5O3/c1-15-20(22-23-25(15)18-9-5-10-19(14-18)26(28)29)21(27)24-12-6-11-17(24)13-16-7-3-2-4-8-16/h2-5,7-10,14,17H,6,11-13H2,1H3. The molecule has 1 amide bonds. The summed E-state index contributed by atoms with van der Waals surface area (Å²) in [6, 6.07) is 16.4. The number of carbonyl (C=O) groups excluding carboxylic acids is 1. The summed E-state index contributed by atoms with van der Waals surface area (Å²) in [5.74, 6) is -0.141. The molecular weight excluding hydrogens is 370 g/mol. The molecule has 2 aromatic carbocycles. The van der Waals surface area contributed by atoms with Crippen LogP contribution in [0.1, 0.15) is 34.6 Å². The van der Waals surface area contributed by atoms with E-state index in [0.717, 1.165) is 19.3 Å². The molecule has 1 aromatic heterocycles. The molecule has 0 aliphatic carbocycles. The van der Waals surface area contributed by atoms with Gasteiger partial charge in [-0.1, -0.05) is 41.6 Å². The average Bonchev–Trinajstić information content (AvgIpc) is 3.35. The molecule has 148 valence electrons. The summed E-state index contributed by atoms with van der Waals surface area (Å²) in [5.41, 5.74) is 2.53. The smallest absolute Gasteiger partial charge is 0.276 e. The molecule has 4 rings (SSSR count). The molecule has 0 spiro atoms. The van der Waals surface area contributed by atoms with Gasteiger partial charge in [-0.25, -0.2) is 4.68 Å². The molecule has 29 heavy (non-hydrogen) atoms. The minimum absolute atomic E-state index is 0.0345. The Morgan fingerprint density at radius 3 is 2.76 bits per heavy atom. The third kappa shape index (κ3) is 3.73. The van der Waals surface area contributed by atoms with E-state index in [2.05, 4.69) is 22.4 Å². The zero-order valence-corrected chi connectivity index (χ0v) is 16.1. The van der Waals surface area contributed by atoms with Crippen molar-refractivity contribution in [2.45, 2.75) is 32.2 Å². The number of benzene rings is 2. The highest BCUT2D eigenvalue weighted by molar-refractivity contribution is 5.93. The number of non-ortho nitro benzene ring substituents is 1. The van der Waals surface area contributed by atoms with Crippen LogP contribution in [0, 0.1) is 17.0 Å². The average molecular weight is 391 g/mol. The van der Waals surface area contributed by atoms with Gasteiger partial charge in [0.05, 0.1) is 16.3 Å². The van der Waals surface area contributed by atoms with E-state index in [0.29, 0.717) is 17.9 Å². The summed E-state index contributed by atoms with van der Waals surface area (Å²) < 4.78 is 1.47. The number of amides is 1. The fourth-order valence-electron chi connectivity index (χ4n) is 3.85. The van der Waals surface area contributed by atoms with E-state index in [4.69, 9.17) is 0 Å². The molecule has 2 heterocycles. The van der Waals surface area contributed by atoms with Crippen LogP contribution in [0.4, 0.5) is 5.69 Å². The number of nitrogens with zero attached hydrogens (tertiary/aromatic N) is 5. The van der Waals surface area contributed by atoms with Crippen LogP contribution >= 0.6 is 0 Å². The van der Waals surface area contributed by atoms with Crippen molar-refractivity contribution < 1.29 is 9.72 Å². The Kier molecular flexibility index (Phi) is 5.07. The van der Waals surface area contributed by atoms with Gasteiger partial charge in [0, 0.05) is 24.7 Å². The van der Waals surface area contributed by atoms with Crippen molar-refractivity contribution in [2.24, 2.45) is 0 Å². The molecule has 3 aromatic rings. The Hall–Kier alpha value is -3.55. The number of hydrogen-bond acceptors (Lipinski definition) is 5. The second-order valence-electron chi connectivity index (χ2n) is 7.20. The van der Waals surface area contributed by atoms with Crippen molar-refractivity contribution in [1.82, 2.24) is 19.9 Å². The van der Waals surface area contributed by atoms with Crippen LogP contribution in [0.25, 0.3) is 5.69 Å². The lowest BCUT2D eigenvalue weighted by atomic mass is 10.0. The number of carbonyl (C=O) groups is 1. The largest absolute Gasteiger partial charge is 0.334 e. The van der Waals surface area contributed by atoms with Gasteiger partial charge in [0.2, 0.25) is 0 Å². The van der Waals surface area contributed by atoms with Crippen LogP contribution in [-0.4, -0.2) is 43.3 Å². The maximum absolute atomic E-state index is 13.2. The Morgan fingerprint density at radius 2 is 2.00 bits per heavy atom. The number of nitro groups is 1. The molecular formula is C21H21N5O3. The number of likely N-dealkylation sites (tertiary alicyclic amines) is 1. The zero-order chi connectivity index (χ0) is 20.4. The maximum Gasteiger partial charge on any atom is 0.276 e. The molecule has 1 unspecified atom stereocenters. The molecule has 0 N–H and O–H groups in total. The first-order chi connectivity index (χ1) is 14.0. The SMILES string of the molecule is Cc1c(C(=O)N2CCCC2Cc2ccccc2)nnn1-c1cccc([N+](=O)[O-])c1. The maximum atomic E-state index is 13.2. The molecule has 1 fully saturated rings. The van der Waals surface area contributed by atoms with Gasteiger partial charge in [0.1, 0.15) is 0 Å². The number of nitro benzene ring substituents is 1. The Labute approximate surface area is 167 Å². The fraction of sp³-hybridized carbons (Fsp3) is 0.286. The van der Waals surface area contributed by atoms with Crippen molar-refractivity contribution in [3.05, 3.63) is 81.7 Å². The van der Waals surface area contributed by atoms with Crippen LogP contribution in [0.2, 0.25) is 0 Å². The summed E-state index contributed by atoms with van der Waals surface area (Å²) in [7, 11) is 0. The number of hydrogen-bond donors (Lipinski definition) is 0. The van der Waals surface area contributed by atoms with E-state index >= 15 is 0 Å². The van der Waals surface area contributed by atoms with Crippen LogP contribution in [0.3, 0.4) is 0 Å². The lowest BCUT2D eigenvalue weighted by Gasteiger charge is -2.24. The number of rotatable bonds is 5. The lowest BCUT2D eigenvalue weighted by Crippen LogP contribution is -2.37. The van der Waals surface area contributed by atoms with Gasteiger partial charge in [-0.15, -0.1) is 5.10 Å². The molecule has 1 aliphatic rings. The topological polar surface area (TPSA) is 94.2 Å². The monoisotopic (exact) mass is 391 g/mol. The highest BCUT2D eigenvalue weighted by Crippen LogP contribution is 2.25. The summed E-state index contributed by atoms with van der Waals surface area (Å²) in [6.07, 6.45) is 2.73. The quantitative estimate of drug-likeness (QED) is 0.491. The van der Waals surface area contributed by atoms with Crippen molar-refractivity contribution in [3.8, 4) is 5.69 Å². The Morgan fingerprint density at radius 1 is 1.21 bits per heavy atom. The first-order valence-corrected chi connectivity index (χ1v) is 9.56. The van der Waals surface area contributed by atoms with Crippen molar-refractivity contribution in [2.75, 3.05) is 6.54 Å². The second-order valence-corrected chi connectivity index (χ2v) is 7.20. The summed E-state index contributed by atoms with van der Waals surface area (Å²) in [6.45, 7) is 2.45. The number of aromatic nitrogens is 3. The van der Waals surface area contributed by atoms with E-state index in [1.54, 1.807) is 19.1 Å². The minimum Gasteiger partial charge on any atom is -0.334 e. The van der Waals surface area contributed by atoms with Crippen molar-refractivity contribution >= 4 is 11.6 Å². The van der Waals surface area contributed by atoms with E-state index in [1.807, 2.05) is 23.1 Å². The summed E-state index contributed by atoms with van der Waals surface area (Å²) in [4.78, 5) is 25.7. The highest BCUT2D eigenvalue weighted by Gasteiger charge is 2.32. The minimum atomic E-state index is -0.458. The predicted octanol–water partition coefficient (Wildman–Crippen LogP) is 3.33. The van der Waals surface area contributed by atoms with Crippen molar-refractivity contribution in [3.63, 3.8) is 0 Å². The van der Waals surface area contributed by atoms with Gasteiger partial charge >= 0.3 is 0 Å². The summed E-state index contributed by atoms with van der Waals surface area (Å²) in [5, 5.41) is 19.2. The van der Waals surface area contributed by atoms with Gasteiger partial charge in [-0.3, -0.25) is 14.9 Å². The van der Waals surface area contributed by atoms with Gasteiger partial charge in [0.15, 0.2) is 5.69 Å². The second kappa shape index (κ2) is 7.83. The predicted molar refractivity (Wildman–Crippen MR) is 107 cm³/mol. The molecule has 1 saturated heterocycles. The van der Waals surface area contributed by atoms with Gasteiger partial charge in [0.25, 0.3) is 11.6 Å². The van der Waals surface area contributed by atoms with Gasteiger partial charge in [-0.2, -0.15) is 0 Å². The van der Waals surface area contributed by atoms with Crippen LogP contribution in [-0.2, 0) is 6.42 Å². The van der Waals surface area contributed by atoms with E-state index in [9.17, 15) is 14.9 Å². The van der Waals surface area contributed by atoms with Gasteiger partial charge < -0.3 is 4.90 Å². The molecule has 0 saturated carbocycles. The van der Waals surface area contributed by atoms with Gasteiger partial charge in [-0.05, 0) is 37.8 Å². The van der Waals surface area contributed by atoms with E-state index < -0.39 is 4.92 Å². The molecule has 8 heteroatoms. The first kappa shape index (κ1) is 18.8. The zero-order valence-electron chi connectivity index (χ0n) is 16.1. The lowest BCUT2D eigenvalue weighted by molar-refractivity contribution is -0.384. The van der Waals surface area contributed by atoms with E-state index in [-0.39, 0.29) is 23.3 Å². The third-order valence-corrected chi connectivity index (χ3v) is 5.33. The summed E-state index contributed by atoms with van der Waals surface area (Å²) >= 11 is 0. The molecule has 1 atom stereocenters. The van der Waals surface area contributed by atoms with Crippen molar-refractivity contribution in [1.29, 1.82) is 0 Å².